The third-order valence-electron chi connectivity index (χ3n) is 5.83. The van der Waals surface area contributed by atoms with Crippen LogP contribution in [0.25, 0.3) is 0 Å². The highest BCUT2D eigenvalue weighted by molar-refractivity contribution is 7.99. The number of ketones is 1. The molecule has 2 aliphatic carbocycles. The third-order valence-corrected chi connectivity index (χ3v) is 8.06. The Kier molecular flexibility index (Phi) is 10.2. The number of Topliss-reactive ketones (excluding diaryl/α,β-unsaturated/α-hetero) is 1. The summed E-state index contributed by atoms with van der Waals surface area (Å²) in [7, 11) is 0. The van der Waals surface area contributed by atoms with Crippen LogP contribution < -0.4 is 0 Å². The second kappa shape index (κ2) is 12.4. The molecule has 2 rings (SSSR count). The van der Waals surface area contributed by atoms with E-state index in [0.29, 0.717) is 50.0 Å². The molecule has 0 saturated carbocycles. The lowest BCUT2D eigenvalue weighted by molar-refractivity contribution is -0.548. The van der Waals surface area contributed by atoms with Gasteiger partial charge in [-0.2, -0.15) is 23.5 Å². The number of carbonyl (C=O) groups excluding carboxylic acids is 1. The summed E-state index contributed by atoms with van der Waals surface area (Å²) in [5.74, 6) is 2.57. The van der Waals surface area contributed by atoms with Crippen molar-refractivity contribution in [1.29, 1.82) is 0 Å². The average molecular weight is 481 g/mol. The Bertz CT molecular complexity index is 770. The molecular formula is C23H32N2O5S2. The SMILES string of the molecule is CCSCC1([N+](=O)[O-])C=CC=C(CCC(=O)CCC2=CC=CC(CSCC)([N+](=O)[O-])C2)C1. The number of thioether (sulfide) groups is 2. The predicted molar refractivity (Wildman–Crippen MR) is 133 cm³/mol. The number of hydrogen-bond acceptors (Lipinski definition) is 7. The van der Waals surface area contributed by atoms with Gasteiger partial charge in [0.25, 0.3) is 11.1 Å². The van der Waals surface area contributed by atoms with Crippen LogP contribution in [0.1, 0.15) is 52.4 Å². The van der Waals surface area contributed by atoms with Crippen LogP contribution >= 0.6 is 23.5 Å². The molecule has 0 amide bonds. The molecule has 0 bridgehead atoms. The maximum absolute atomic E-state index is 12.5. The van der Waals surface area contributed by atoms with Gasteiger partial charge in [0.05, 0.1) is 11.5 Å². The summed E-state index contributed by atoms with van der Waals surface area (Å²) in [6.07, 6.45) is 13.0. The maximum atomic E-state index is 12.5. The molecule has 0 saturated heterocycles. The van der Waals surface area contributed by atoms with Crippen LogP contribution in [-0.4, -0.2) is 49.7 Å². The van der Waals surface area contributed by atoms with Crippen molar-refractivity contribution in [2.75, 3.05) is 23.0 Å². The van der Waals surface area contributed by atoms with E-state index in [4.69, 9.17) is 0 Å². The second-order valence-electron chi connectivity index (χ2n) is 8.26. The van der Waals surface area contributed by atoms with Gasteiger partial charge in [-0.1, -0.05) is 49.3 Å². The van der Waals surface area contributed by atoms with Crippen molar-refractivity contribution in [3.63, 3.8) is 0 Å². The highest BCUT2D eigenvalue weighted by Gasteiger charge is 2.42. The first kappa shape index (κ1) is 26.4. The van der Waals surface area contributed by atoms with Gasteiger partial charge in [-0.25, -0.2) is 0 Å². The second-order valence-corrected chi connectivity index (χ2v) is 10.8. The minimum absolute atomic E-state index is 0.0835. The van der Waals surface area contributed by atoms with Crippen LogP contribution in [0.4, 0.5) is 0 Å². The van der Waals surface area contributed by atoms with Gasteiger partial charge in [0.1, 0.15) is 5.78 Å². The van der Waals surface area contributed by atoms with Gasteiger partial charge in [-0.3, -0.25) is 25.0 Å². The fourth-order valence-corrected chi connectivity index (χ4v) is 5.65. The first-order valence-corrected chi connectivity index (χ1v) is 13.3. The third kappa shape index (κ3) is 7.07. The highest BCUT2D eigenvalue weighted by atomic mass is 32.2. The molecule has 32 heavy (non-hydrogen) atoms. The summed E-state index contributed by atoms with van der Waals surface area (Å²) in [6.45, 7) is 3.96. The van der Waals surface area contributed by atoms with Crippen LogP contribution in [-0.2, 0) is 4.79 Å². The maximum Gasteiger partial charge on any atom is 0.253 e. The fraction of sp³-hybridized carbons (Fsp3) is 0.609. The molecule has 0 radical (unpaired) electrons. The van der Waals surface area contributed by atoms with Gasteiger partial charge < -0.3 is 0 Å². The number of nitrogens with zero attached hydrogens (tertiary/aromatic N) is 2. The normalized spacial score (nSPS) is 24.7. The van der Waals surface area contributed by atoms with Crippen molar-refractivity contribution >= 4 is 29.3 Å². The summed E-state index contributed by atoms with van der Waals surface area (Å²) in [5, 5.41) is 23.4. The topological polar surface area (TPSA) is 103 Å². The van der Waals surface area contributed by atoms with E-state index in [1.165, 1.54) is 0 Å². The van der Waals surface area contributed by atoms with E-state index >= 15 is 0 Å². The zero-order valence-electron chi connectivity index (χ0n) is 18.8. The molecule has 9 heteroatoms. The fourth-order valence-electron chi connectivity index (χ4n) is 3.93. The summed E-state index contributed by atoms with van der Waals surface area (Å²) >= 11 is 3.10. The molecule has 176 valence electrons. The summed E-state index contributed by atoms with van der Waals surface area (Å²) < 4.78 is 0. The van der Waals surface area contributed by atoms with E-state index in [9.17, 15) is 25.0 Å². The predicted octanol–water partition coefficient (Wildman–Crippen LogP) is 5.43. The Morgan fingerprint density at radius 2 is 1.28 bits per heavy atom. The first-order valence-electron chi connectivity index (χ1n) is 11.0. The molecule has 0 spiro atoms. The van der Waals surface area contributed by atoms with Gasteiger partial charge in [0.2, 0.25) is 0 Å². The van der Waals surface area contributed by atoms with E-state index in [-0.39, 0.29) is 15.6 Å². The molecule has 0 aliphatic heterocycles. The van der Waals surface area contributed by atoms with Gasteiger partial charge in [-0.05, 0) is 36.5 Å². The quantitative estimate of drug-likeness (QED) is 0.241. The smallest absolute Gasteiger partial charge is 0.253 e. The molecule has 0 aromatic heterocycles. The van der Waals surface area contributed by atoms with E-state index in [1.807, 2.05) is 26.0 Å². The number of hydrogen-bond donors (Lipinski definition) is 0. The standard InChI is InChI=1S/C23H32N2O5S2/c1-3-31-17-22(24(27)28)13-5-7-19(15-22)9-11-21(26)12-10-20-8-6-14-23(16-20,25(29)30)18-32-4-2/h5-8,13-14H,3-4,9-12,15-18H2,1-2H3. The van der Waals surface area contributed by atoms with Crippen LogP contribution in [0.15, 0.2) is 47.6 Å². The molecule has 2 unspecified atom stereocenters. The summed E-state index contributed by atoms with van der Waals surface area (Å²) in [5.41, 5.74) is -0.318. The Morgan fingerprint density at radius 1 is 0.875 bits per heavy atom. The Morgan fingerprint density at radius 3 is 1.62 bits per heavy atom. The van der Waals surface area contributed by atoms with E-state index in [0.717, 1.165) is 22.7 Å². The van der Waals surface area contributed by atoms with Crippen LogP contribution in [0.3, 0.4) is 0 Å². The molecule has 0 aromatic rings. The Hall–Kier alpha value is -1.87. The monoisotopic (exact) mass is 480 g/mol. The first-order chi connectivity index (χ1) is 15.3. The van der Waals surface area contributed by atoms with Crippen LogP contribution in [0, 0.1) is 20.2 Å². The van der Waals surface area contributed by atoms with Crippen molar-refractivity contribution in [2.24, 2.45) is 0 Å². The van der Waals surface area contributed by atoms with Gasteiger partial charge in [-0.15, -0.1) is 0 Å². The largest absolute Gasteiger partial charge is 0.300 e. The summed E-state index contributed by atoms with van der Waals surface area (Å²) in [6, 6.07) is 0. The van der Waals surface area contributed by atoms with Crippen LogP contribution in [0.2, 0.25) is 0 Å². The highest BCUT2D eigenvalue weighted by Crippen LogP contribution is 2.33. The minimum atomic E-state index is -1.09. The number of rotatable bonds is 14. The van der Waals surface area contributed by atoms with Crippen molar-refractivity contribution < 1.29 is 14.6 Å². The Labute approximate surface area is 198 Å². The molecular weight excluding hydrogens is 448 g/mol. The average Bonchev–Trinajstić information content (AvgIpc) is 2.79. The molecule has 0 aromatic carbocycles. The van der Waals surface area contributed by atoms with Crippen molar-refractivity contribution in [3.05, 3.63) is 67.8 Å². The molecule has 0 fully saturated rings. The van der Waals surface area contributed by atoms with E-state index in [2.05, 4.69) is 0 Å². The van der Waals surface area contributed by atoms with Crippen LogP contribution in [0.5, 0.6) is 0 Å². The van der Waals surface area contributed by atoms with E-state index < -0.39 is 11.1 Å². The lowest BCUT2D eigenvalue weighted by Crippen LogP contribution is -2.40. The minimum Gasteiger partial charge on any atom is -0.300 e. The Balaban J connectivity index is 1.86. The lowest BCUT2D eigenvalue weighted by atomic mass is 9.85. The summed E-state index contributed by atoms with van der Waals surface area (Å²) in [4.78, 5) is 35.5. The van der Waals surface area contributed by atoms with Crippen molar-refractivity contribution in [3.8, 4) is 0 Å². The number of allylic oxidation sites excluding steroid dienone is 4. The lowest BCUT2D eigenvalue weighted by Gasteiger charge is -2.26. The zero-order valence-corrected chi connectivity index (χ0v) is 20.4. The zero-order chi connectivity index (χ0) is 23.6. The van der Waals surface area contributed by atoms with Gasteiger partial charge in [0, 0.05) is 35.5 Å². The molecule has 0 N–H and O–H groups in total. The molecule has 2 aliphatic rings. The van der Waals surface area contributed by atoms with Crippen molar-refractivity contribution in [2.45, 2.75) is 63.5 Å². The molecule has 7 nitrogen and oxygen atoms in total. The number of nitro groups is 2. The number of carbonyl (C=O) groups is 1. The van der Waals surface area contributed by atoms with E-state index in [1.54, 1.807) is 47.8 Å². The van der Waals surface area contributed by atoms with Gasteiger partial charge >= 0.3 is 0 Å². The molecule has 0 heterocycles. The van der Waals surface area contributed by atoms with Gasteiger partial charge in [0.15, 0.2) is 0 Å². The van der Waals surface area contributed by atoms with Crippen molar-refractivity contribution in [1.82, 2.24) is 0 Å². The molecule has 2 atom stereocenters.